The zero-order chi connectivity index (χ0) is 31.4. The molecule has 0 fully saturated rings. The second-order valence-electron chi connectivity index (χ2n) is 11.2. The molecule has 0 saturated heterocycles. The van der Waals surface area contributed by atoms with E-state index >= 15 is 0 Å². The van der Waals surface area contributed by atoms with Gasteiger partial charge in [-0.3, -0.25) is 0 Å². The molecule has 46 heavy (non-hydrogen) atoms. The van der Waals surface area contributed by atoms with Crippen LogP contribution in [0.15, 0.2) is 133 Å². The van der Waals surface area contributed by atoms with Crippen LogP contribution in [0.3, 0.4) is 0 Å². The lowest BCUT2D eigenvalue weighted by molar-refractivity contribution is 1.61. The first-order valence-electron chi connectivity index (χ1n) is 14.6. The van der Waals surface area contributed by atoms with E-state index in [2.05, 4.69) is 108 Å². The molecule has 0 amide bonds. The summed E-state index contributed by atoms with van der Waals surface area (Å²) in [5.41, 5.74) is 17.0. The Morgan fingerprint density at radius 2 is 0.717 bits per heavy atom. The molecule has 0 aliphatic carbocycles. The van der Waals surface area contributed by atoms with Gasteiger partial charge in [0.05, 0.1) is 0 Å². The Balaban J connectivity index is 1.55. The Labute approximate surface area is 285 Å². The van der Waals surface area contributed by atoms with Gasteiger partial charge in [-0.05, 0) is 125 Å². The van der Waals surface area contributed by atoms with Gasteiger partial charge in [0, 0.05) is 30.5 Å². The highest BCUT2D eigenvalue weighted by molar-refractivity contribution is 6.35. The number of rotatable bonds is 2. The standard InChI is InChI=1S/C42H20Cl4/c43-31-17-29(18-32(44)23-31)39-21-27-11-3-7-25-9-5-15-37(41(25)27)35(39)13-1-2-14-36-38-16-6-10-26-8-4-12-28(42(26)38)22-40(36)30-19-33(45)24-34(46)20-30/h3-12,15-24H. The predicted octanol–water partition coefficient (Wildman–Crippen LogP) is 12.0. The molecular formula is C42H20Cl4. The fraction of sp³-hybridized carbons (Fsp3) is 0. The molecule has 8 rings (SSSR count). The molecule has 0 radical (unpaired) electrons. The fourth-order valence-corrected chi connectivity index (χ4v) is 7.53. The summed E-state index contributed by atoms with van der Waals surface area (Å²) < 4.78 is 0. The summed E-state index contributed by atoms with van der Waals surface area (Å²) in [4.78, 5) is 0. The van der Waals surface area contributed by atoms with E-state index in [1.165, 1.54) is 0 Å². The van der Waals surface area contributed by atoms with Crippen LogP contribution in [-0.4, -0.2) is 0 Å². The van der Waals surface area contributed by atoms with Gasteiger partial charge in [-0.25, -0.2) is 0 Å². The van der Waals surface area contributed by atoms with Crippen LogP contribution in [-0.2, 0) is 0 Å². The van der Waals surface area contributed by atoms with Gasteiger partial charge in [-0.15, -0.1) is 0 Å². The SMILES string of the molecule is Clc1cc(Cl)cc(-c2cc3cccc4cccc(c2=C=C=C=C=c2c(-c5cc(Cl)cc(Cl)c5)cc5cccc6cccc2c65)c43)c1. The molecule has 8 aromatic rings. The minimum absolute atomic E-state index is 0.566. The molecule has 0 bridgehead atoms. The van der Waals surface area contributed by atoms with Crippen molar-refractivity contribution in [2.24, 2.45) is 0 Å². The van der Waals surface area contributed by atoms with Gasteiger partial charge in [-0.2, -0.15) is 0 Å². The largest absolute Gasteiger partial charge is 0.0843 e. The van der Waals surface area contributed by atoms with E-state index < -0.39 is 0 Å². The first kappa shape index (κ1) is 28.8. The molecular weight excluding hydrogens is 646 g/mol. The van der Waals surface area contributed by atoms with E-state index in [0.29, 0.717) is 20.1 Å². The lowest BCUT2D eigenvalue weighted by Gasteiger charge is -2.11. The molecule has 216 valence electrons. The van der Waals surface area contributed by atoms with Crippen molar-refractivity contribution in [3.8, 4) is 22.3 Å². The Hall–Kier alpha value is -4.66. The van der Waals surface area contributed by atoms with Crippen molar-refractivity contribution in [1.82, 2.24) is 0 Å². The summed E-state index contributed by atoms with van der Waals surface area (Å²) in [5, 5.41) is 13.0. The Morgan fingerprint density at radius 1 is 0.370 bits per heavy atom. The predicted molar refractivity (Wildman–Crippen MR) is 198 cm³/mol. The average molecular weight is 666 g/mol. The van der Waals surface area contributed by atoms with Gasteiger partial charge in [0.25, 0.3) is 0 Å². The Bertz CT molecular complexity index is 2540. The monoisotopic (exact) mass is 664 g/mol. The molecule has 0 saturated carbocycles. The zero-order valence-corrected chi connectivity index (χ0v) is 27.1. The molecule has 4 heteroatoms. The lowest BCUT2D eigenvalue weighted by Crippen LogP contribution is -2.06. The van der Waals surface area contributed by atoms with Crippen molar-refractivity contribution in [2.75, 3.05) is 0 Å². The van der Waals surface area contributed by atoms with E-state index in [0.717, 1.165) is 75.8 Å². The summed E-state index contributed by atoms with van der Waals surface area (Å²) in [6.45, 7) is 0. The maximum absolute atomic E-state index is 6.46. The summed E-state index contributed by atoms with van der Waals surface area (Å²) in [5.74, 6) is 0. The average Bonchev–Trinajstić information content (AvgIpc) is 3.04. The second kappa shape index (κ2) is 11.6. The molecule has 0 spiro atoms. The molecule has 0 N–H and O–H groups in total. The third-order valence-electron chi connectivity index (χ3n) is 8.34. The summed E-state index contributed by atoms with van der Waals surface area (Å²) in [6, 6.07) is 40.7. The van der Waals surface area contributed by atoms with Crippen molar-refractivity contribution in [1.29, 1.82) is 0 Å². The van der Waals surface area contributed by atoms with Crippen molar-refractivity contribution in [2.45, 2.75) is 0 Å². The van der Waals surface area contributed by atoms with Crippen LogP contribution in [0.25, 0.3) is 76.8 Å². The molecule has 0 heterocycles. The first-order valence-corrected chi connectivity index (χ1v) is 16.1. The first-order chi connectivity index (χ1) is 22.4. The zero-order valence-electron chi connectivity index (χ0n) is 24.1. The maximum atomic E-state index is 6.46. The Morgan fingerprint density at radius 3 is 1.11 bits per heavy atom. The van der Waals surface area contributed by atoms with Gasteiger partial charge in [0.2, 0.25) is 0 Å². The smallest absolute Gasteiger partial charge is 0.0426 e. The van der Waals surface area contributed by atoms with Gasteiger partial charge < -0.3 is 0 Å². The second-order valence-corrected chi connectivity index (χ2v) is 12.9. The summed E-state index contributed by atoms with van der Waals surface area (Å²) >= 11 is 25.8. The van der Waals surface area contributed by atoms with Crippen molar-refractivity contribution in [3.63, 3.8) is 0 Å². The van der Waals surface area contributed by atoms with E-state index in [9.17, 15) is 0 Å². The van der Waals surface area contributed by atoms with E-state index in [1.54, 1.807) is 12.1 Å². The topological polar surface area (TPSA) is 0 Å². The number of hydrogen-bond acceptors (Lipinski definition) is 0. The van der Waals surface area contributed by atoms with Crippen LogP contribution < -0.4 is 10.4 Å². The van der Waals surface area contributed by atoms with Gasteiger partial charge in [0.15, 0.2) is 0 Å². The van der Waals surface area contributed by atoms with Crippen LogP contribution >= 0.6 is 46.4 Å². The number of halogens is 4. The van der Waals surface area contributed by atoms with E-state index in [1.807, 2.05) is 24.3 Å². The van der Waals surface area contributed by atoms with Crippen LogP contribution in [0.2, 0.25) is 20.1 Å². The van der Waals surface area contributed by atoms with Crippen molar-refractivity contribution >= 4 is 101 Å². The normalized spacial score (nSPS) is 11.1. The van der Waals surface area contributed by atoms with Crippen LogP contribution in [0.5, 0.6) is 0 Å². The third kappa shape index (κ3) is 5.11. The summed E-state index contributed by atoms with van der Waals surface area (Å²) in [7, 11) is 0. The molecule has 0 aromatic heterocycles. The minimum Gasteiger partial charge on any atom is -0.0843 e. The lowest BCUT2D eigenvalue weighted by atomic mass is 9.93. The van der Waals surface area contributed by atoms with Gasteiger partial charge in [-0.1, -0.05) is 131 Å². The molecule has 8 aromatic carbocycles. The van der Waals surface area contributed by atoms with Gasteiger partial charge >= 0.3 is 0 Å². The molecule has 0 unspecified atom stereocenters. The maximum Gasteiger partial charge on any atom is 0.0426 e. The molecule has 0 aliphatic heterocycles. The van der Waals surface area contributed by atoms with Gasteiger partial charge in [0.1, 0.15) is 0 Å². The number of benzene rings is 8. The highest BCUT2D eigenvalue weighted by atomic mass is 35.5. The highest BCUT2D eigenvalue weighted by Crippen LogP contribution is 2.33. The van der Waals surface area contributed by atoms with Crippen molar-refractivity contribution < 1.29 is 0 Å². The summed E-state index contributed by atoms with van der Waals surface area (Å²) in [6.07, 6.45) is 0. The number of hydrogen-bond donors (Lipinski definition) is 0. The fourth-order valence-electron chi connectivity index (χ4n) is 6.47. The Kier molecular flexibility index (Phi) is 7.26. The quantitative estimate of drug-likeness (QED) is 0.161. The van der Waals surface area contributed by atoms with Crippen LogP contribution in [0.1, 0.15) is 0 Å². The third-order valence-corrected chi connectivity index (χ3v) is 9.21. The van der Waals surface area contributed by atoms with E-state index in [-0.39, 0.29) is 0 Å². The van der Waals surface area contributed by atoms with Crippen LogP contribution in [0, 0.1) is 0 Å². The molecule has 0 nitrogen and oxygen atoms in total. The van der Waals surface area contributed by atoms with Crippen molar-refractivity contribution in [3.05, 3.63) is 163 Å². The van der Waals surface area contributed by atoms with Crippen LogP contribution in [0.4, 0.5) is 0 Å². The molecule has 0 aliphatic rings. The highest BCUT2D eigenvalue weighted by Gasteiger charge is 2.12. The minimum atomic E-state index is 0.566. The van der Waals surface area contributed by atoms with E-state index in [4.69, 9.17) is 46.4 Å². The molecule has 0 atom stereocenters.